The molecule has 0 fully saturated rings. The third-order valence-corrected chi connectivity index (χ3v) is 3.58. The number of para-hydroxylation sites is 1. The van der Waals surface area contributed by atoms with Crippen LogP contribution in [-0.2, 0) is 0 Å². The minimum absolute atomic E-state index is 0.0547. The Bertz CT molecular complexity index is 460. The summed E-state index contributed by atoms with van der Waals surface area (Å²) in [5.74, 6) is -0.548. The Morgan fingerprint density at radius 2 is 2.05 bits per heavy atom. The molecule has 7 heteroatoms. The van der Waals surface area contributed by atoms with Gasteiger partial charge >= 0.3 is 6.03 Å². The first-order chi connectivity index (χ1) is 9.33. The summed E-state index contributed by atoms with van der Waals surface area (Å²) in [4.78, 5) is 13.3. The molecule has 1 aromatic carbocycles. The highest BCUT2D eigenvalue weighted by atomic mass is 79.9. The van der Waals surface area contributed by atoms with Crippen LogP contribution in [-0.4, -0.2) is 48.0 Å². The Morgan fingerprint density at radius 1 is 1.45 bits per heavy atom. The van der Waals surface area contributed by atoms with Crippen molar-refractivity contribution in [2.24, 2.45) is 5.41 Å². The Balaban J connectivity index is 2.76. The molecule has 0 saturated carbocycles. The summed E-state index contributed by atoms with van der Waals surface area (Å²) in [6, 6.07) is 3.85. The van der Waals surface area contributed by atoms with E-state index in [2.05, 4.69) is 21.2 Å². The number of benzene rings is 1. The van der Waals surface area contributed by atoms with Crippen LogP contribution in [0.5, 0.6) is 0 Å². The number of aliphatic hydroxyl groups is 2. The first-order valence-corrected chi connectivity index (χ1v) is 6.80. The van der Waals surface area contributed by atoms with Crippen LogP contribution in [0.2, 0.25) is 0 Å². The van der Waals surface area contributed by atoms with E-state index in [1.54, 1.807) is 13.0 Å². The topological polar surface area (TPSA) is 72.8 Å². The van der Waals surface area contributed by atoms with Crippen LogP contribution in [0, 0.1) is 11.2 Å². The van der Waals surface area contributed by atoms with Crippen LogP contribution in [0.1, 0.15) is 6.92 Å². The van der Waals surface area contributed by atoms with Crippen molar-refractivity contribution in [2.75, 3.05) is 32.1 Å². The number of nitrogens with one attached hydrogen (secondary N) is 1. The van der Waals surface area contributed by atoms with Crippen LogP contribution in [0.25, 0.3) is 0 Å². The molecule has 5 nitrogen and oxygen atoms in total. The van der Waals surface area contributed by atoms with Gasteiger partial charge in [-0.1, -0.05) is 13.0 Å². The molecule has 0 bridgehead atoms. The molecule has 0 radical (unpaired) electrons. The van der Waals surface area contributed by atoms with Gasteiger partial charge in [-0.3, -0.25) is 0 Å². The van der Waals surface area contributed by atoms with Crippen molar-refractivity contribution in [3.05, 3.63) is 28.5 Å². The lowest BCUT2D eigenvalue weighted by Gasteiger charge is -2.30. The normalized spacial score (nSPS) is 11.3. The molecule has 0 unspecified atom stereocenters. The van der Waals surface area contributed by atoms with Crippen molar-refractivity contribution in [2.45, 2.75) is 6.92 Å². The SMILES string of the molecule is CN(CC(C)(CO)CO)C(=O)Nc1c(F)cccc1Br. The largest absolute Gasteiger partial charge is 0.396 e. The fourth-order valence-electron chi connectivity index (χ4n) is 1.61. The van der Waals surface area contributed by atoms with Gasteiger partial charge in [0.25, 0.3) is 0 Å². The Hall–Kier alpha value is -1.18. The first kappa shape index (κ1) is 16.9. The highest BCUT2D eigenvalue weighted by molar-refractivity contribution is 9.10. The number of anilines is 1. The summed E-state index contributed by atoms with van der Waals surface area (Å²) in [6.07, 6.45) is 0. The molecular weight excluding hydrogens is 331 g/mol. The molecule has 0 atom stereocenters. The van der Waals surface area contributed by atoms with Crippen molar-refractivity contribution in [3.63, 3.8) is 0 Å². The van der Waals surface area contributed by atoms with Gasteiger partial charge in [-0.05, 0) is 28.1 Å². The number of aliphatic hydroxyl groups excluding tert-OH is 2. The van der Waals surface area contributed by atoms with Gasteiger partial charge in [0.2, 0.25) is 0 Å². The number of nitrogens with zero attached hydrogens (tertiary/aromatic N) is 1. The average molecular weight is 349 g/mol. The molecule has 1 aromatic rings. The lowest BCUT2D eigenvalue weighted by molar-refractivity contribution is 0.0509. The van der Waals surface area contributed by atoms with E-state index in [0.29, 0.717) is 4.47 Å². The van der Waals surface area contributed by atoms with E-state index < -0.39 is 17.3 Å². The zero-order chi connectivity index (χ0) is 15.3. The highest BCUT2D eigenvalue weighted by Gasteiger charge is 2.26. The fourth-order valence-corrected chi connectivity index (χ4v) is 2.06. The molecular formula is C13H18BrFN2O3. The summed E-state index contributed by atoms with van der Waals surface area (Å²) in [5.41, 5.74) is -0.752. The number of urea groups is 1. The van der Waals surface area contributed by atoms with Gasteiger partial charge in [-0.2, -0.15) is 0 Å². The van der Waals surface area contributed by atoms with E-state index in [4.69, 9.17) is 0 Å². The predicted molar refractivity (Wildman–Crippen MR) is 78.0 cm³/mol. The molecule has 0 aliphatic carbocycles. The Labute approximate surface area is 125 Å². The summed E-state index contributed by atoms with van der Waals surface area (Å²) >= 11 is 3.16. The van der Waals surface area contributed by atoms with Gasteiger partial charge in [0.05, 0.1) is 18.9 Å². The van der Waals surface area contributed by atoms with E-state index >= 15 is 0 Å². The van der Waals surface area contributed by atoms with E-state index in [0.717, 1.165) is 0 Å². The quantitative estimate of drug-likeness (QED) is 0.762. The minimum Gasteiger partial charge on any atom is -0.396 e. The molecule has 1 rings (SSSR count). The van der Waals surface area contributed by atoms with E-state index in [-0.39, 0.29) is 25.4 Å². The first-order valence-electron chi connectivity index (χ1n) is 6.01. The van der Waals surface area contributed by atoms with Crippen molar-refractivity contribution >= 4 is 27.6 Å². The summed E-state index contributed by atoms with van der Waals surface area (Å²) in [7, 11) is 1.51. The fraction of sp³-hybridized carbons (Fsp3) is 0.462. The lowest BCUT2D eigenvalue weighted by Crippen LogP contribution is -2.43. The van der Waals surface area contributed by atoms with Crippen molar-refractivity contribution < 1.29 is 19.4 Å². The van der Waals surface area contributed by atoms with E-state index in [1.165, 1.54) is 24.1 Å². The Morgan fingerprint density at radius 3 is 2.55 bits per heavy atom. The van der Waals surface area contributed by atoms with Gasteiger partial charge in [0.15, 0.2) is 0 Å². The van der Waals surface area contributed by atoms with Crippen molar-refractivity contribution in [3.8, 4) is 0 Å². The highest BCUT2D eigenvalue weighted by Crippen LogP contribution is 2.25. The number of hydrogen-bond donors (Lipinski definition) is 3. The molecule has 112 valence electrons. The molecule has 0 aliphatic heterocycles. The van der Waals surface area contributed by atoms with Crippen LogP contribution in [0.4, 0.5) is 14.9 Å². The maximum absolute atomic E-state index is 13.6. The number of rotatable bonds is 5. The van der Waals surface area contributed by atoms with E-state index in [1.807, 2.05) is 0 Å². The smallest absolute Gasteiger partial charge is 0.321 e. The summed E-state index contributed by atoms with van der Waals surface area (Å²) < 4.78 is 14.0. The number of hydrogen-bond acceptors (Lipinski definition) is 3. The minimum atomic E-state index is -0.807. The second kappa shape index (κ2) is 7.01. The number of carbonyl (C=O) groups excluding carboxylic acids is 1. The Kier molecular flexibility index (Phi) is 5.91. The van der Waals surface area contributed by atoms with Gasteiger partial charge in [0, 0.05) is 23.5 Å². The zero-order valence-corrected chi connectivity index (χ0v) is 12.9. The molecule has 0 aromatic heterocycles. The van der Waals surface area contributed by atoms with Crippen LogP contribution in [0.3, 0.4) is 0 Å². The summed E-state index contributed by atoms with van der Waals surface area (Å²) in [5, 5.41) is 20.9. The molecule has 0 aliphatic rings. The molecule has 0 saturated heterocycles. The monoisotopic (exact) mass is 348 g/mol. The van der Waals surface area contributed by atoms with Gasteiger partial charge in [-0.15, -0.1) is 0 Å². The number of halogens is 2. The van der Waals surface area contributed by atoms with Crippen LogP contribution < -0.4 is 5.32 Å². The third-order valence-electron chi connectivity index (χ3n) is 2.92. The number of amides is 2. The molecule has 0 spiro atoms. The second-order valence-electron chi connectivity index (χ2n) is 5.01. The van der Waals surface area contributed by atoms with Gasteiger partial charge < -0.3 is 20.4 Å². The molecule has 3 N–H and O–H groups in total. The lowest BCUT2D eigenvalue weighted by atomic mass is 9.92. The van der Waals surface area contributed by atoms with Crippen LogP contribution in [0.15, 0.2) is 22.7 Å². The molecule has 2 amide bonds. The molecule has 0 heterocycles. The second-order valence-corrected chi connectivity index (χ2v) is 5.86. The zero-order valence-electron chi connectivity index (χ0n) is 11.4. The van der Waals surface area contributed by atoms with Gasteiger partial charge in [0.1, 0.15) is 5.82 Å². The third kappa shape index (κ3) is 4.16. The van der Waals surface area contributed by atoms with Crippen molar-refractivity contribution in [1.29, 1.82) is 0 Å². The van der Waals surface area contributed by atoms with Crippen molar-refractivity contribution in [1.82, 2.24) is 4.90 Å². The van der Waals surface area contributed by atoms with Gasteiger partial charge in [-0.25, -0.2) is 9.18 Å². The standard InChI is InChI=1S/C13H18BrFN2O3/c1-13(7-18,8-19)6-17(2)12(20)16-11-9(14)4-3-5-10(11)15/h3-5,18-19H,6-8H2,1-2H3,(H,16,20). The van der Waals surface area contributed by atoms with E-state index in [9.17, 15) is 19.4 Å². The van der Waals surface area contributed by atoms with Crippen LogP contribution >= 0.6 is 15.9 Å². The maximum Gasteiger partial charge on any atom is 0.321 e. The maximum atomic E-state index is 13.6. The summed E-state index contributed by atoms with van der Waals surface area (Å²) in [6.45, 7) is 1.27. The predicted octanol–water partition coefficient (Wildman–Crippen LogP) is 2.04. The molecule has 20 heavy (non-hydrogen) atoms. The number of carbonyl (C=O) groups is 1. The average Bonchev–Trinajstić information content (AvgIpc) is 2.42.